The Hall–Kier alpha value is -1.60. The molecule has 0 spiro atoms. The Kier molecular flexibility index (Phi) is 30.7. The van der Waals surface area contributed by atoms with E-state index in [1.807, 2.05) is 45.3 Å². The van der Waals surface area contributed by atoms with E-state index in [9.17, 15) is 0 Å². The number of hydrogen-bond donors (Lipinski definition) is 0. The van der Waals surface area contributed by atoms with E-state index in [4.69, 9.17) is 0 Å². The highest BCUT2D eigenvalue weighted by atomic mass is 32.1. The van der Waals surface area contributed by atoms with E-state index < -0.39 is 0 Å². The van der Waals surface area contributed by atoms with Gasteiger partial charge in [0.2, 0.25) is 0 Å². The minimum atomic E-state index is -0.210. The predicted octanol–water partition coefficient (Wildman–Crippen LogP) is 25.1. The average molecular weight is 1110 g/mol. The van der Waals surface area contributed by atoms with Crippen molar-refractivity contribution in [3.05, 3.63) is 54.9 Å². The number of Topliss-reactive ketones (excluding diaryl/α,β-unsaturated/α-hetero) is 2. The lowest BCUT2D eigenvalue weighted by molar-refractivity contribution is -0.119. The maximum absolute atomic E-state index is 16.0. The second kappa shape index (κ2) is 36.7. The van der Waals surface area contributed by atoms with Gasteiger partial charge in [0.1, 0.15) is 0 Å². The summed E-state index contributed by atoms with van der Waals surface area (Å²) in [7, 11) is 0. The summed E-state index contributed by atoms with van der Waals surface area (Å²) in [6.07, 6.45) is 55.7. The molecule has 428 valence electrons. The number of rotatable bonds is 46. The first-order valence-electron chi connectivity index (χ1n) is 33.1. The normalized spacial score (nSPS) is 18.7. The van der Waals surface area contributed by atoms with Crippen LogP contribution in [-0.4, -0.2) is 11.6 Å². The Labute approximate surface area is 483 Å². The van der Waals surface area contributed by atoms with Gasteiger partial charge in [0.25, 0.3) is 0 Å². The lowest BCUT2D eigenvalue weighted by Gasteiger charge is -2.30. The molecule has 6 heteroatoms. The molecule has 0 amide bonds. The monoisotopic (exact) mass is 1110 g/mol. The van der Waals surface area contributed by atoms with Gasteiger partial charge in [-0.25, -0.2) is 0 Å². The third kappa shape index (κ3) is 20.4. The zero-order valence-corrected chi connectivity index (χ0v) is 53.2. The van der Waals surface area contributed by atoms with Crippen molar-refractivity contribution in [1.29, 1.82) is 0 Å². The molecule has 0 saturated heterocycles. The highest BCUT2D eigenvalue weighted by Gasteiger charge is 2.56. The van der Waals surface area contributed by atoms with Gasteiger partial charge < -0.3 is 0 Å². The van der Waals surface area contributed by atoms with E-state index in [-0.39, 0.29) is 23.7 Å². The maximum Gasteiger partial charge on any atom is 0.168 e. The molecule has 0 fully saturated rings. The Morgan fingerprint density at radius 3 is 0.816 bits per heavy atom. The van der Waals surface area contributed by atoms with Gasteiger partial charge in [-0.15, -0.1) is 45.3 Å². The predicted molar refractivity (Wildman–Crippen MR) is 342 cm³/mol. The molecular weight excluding hydrogens is 1000 g/mol. The van der Waals surface area contributed by atoms with Crippen molar-refractivity contribution in [3.63, 3.8) is 0 Å². The van der Waals surface area contributed by atoms with E-state index in [0.717, 1.165) is 24.0 Å². The molecule has 6 rings (SSSR count). The number of carbonyl (C=O) groups excluding carboxylic acids is 2. The van der Waals surface area contributed by atoms with Gasteiger partial charge in [-0.2, -0.15) is 0 Å². The zero-order chi connectivity index (χ0) is 53.7. The summed E-state index contributed by atoms with van der Waals surface area (Å²) < 4.78 is 5.31. The molecule has 0 radical (unpaired) electrons. The maximum atomic E-state index is 16.0. The third-order valence-electron chi connectivity index (χ3n) is 18.3. The van der Waals surface area contributed by atoms with Crippen LogP contribution < -0.4 is 0 Å². The summed E-state index contributed by atoms with van der Waals surface area (Å²) in [5, 5.41) is 0. The number of unbranched alkanes of at least 4 members (excludes halogenated alkanes) is 32. The fourth-order valence-corrected chi connectivity index (χ4v) is 18.9. The van der Waals surface area contributed by atoms with Gasteiger partial charge in [0.15, 0.2) is 11.6 Å². The highest BCUT2D eigenvalue weighted by Crippen LogP contribution is 2.59. The summed E-state index contributed by atoms with van der Waals surface area (Å²) in [6, 6.07) is 9.48. The van der Waals surface area contributed by atoms with Crippen molar-refractivity contribution in [2.45, 2.75) is 323 Å². The first kappa shape index (κ1) is 63.6. The number of aryl methyl sites for hydroxylation is 2. The molecule has 0 bridgehead atoms. The summed E-state index contributed by atoms with van der Waals surface area (Å²) in [5.74, 6) is 1.36. The number of ketones is 2. The molecule has 0 aliphatic heterocycles. The van der Waals surface area contributed by atoms with Crippen LogP contribution in [0.1, 0.15) is 329 Å². The lowest BCUT2D eigenvalue weighted by Crippen LogP contribution is -2.28. The smallest absolute Gasteiger partial charge is 0.168 e. The molecule has 0 saturated carbocycles. The summed E-state index contributed by atoms with van der Waals surface area (Å²) in [6.45, 7) is 13.7. The molecule has 0 N–H and O–H groups in total. The average Bonchev–Trinajstić information content (AvgIpc) is 4.31. The Morgan fingerprint density at radius 1 is 0.329 bits per heavy atom. The van der Waals surface area contributed by atoms with Crippen molar-refractivity contribution in [3.8, 4) is 0 Å². The number of thiophene rings is 4. The van der Waals surface area contributed by atoms with Crippen LogP contribution in [0.2, 0.25) is 0 Å². The van der Waals surface area contributed by atoms with E-state index in [0.29, 0.717) is 23.4 Å². The quantitative estimate of drug-likeness (QED) is 0.0413. The van der Waals surface area contributed by atoms with Gasteiger partial charge in [0, 0.05) is 61.3 Å². The van der Waals surface area contributed by atoms with Crippen molar-refractivity contribution in [2.75, 3.05) is 0 Å². The molecule has 2 aliphatic rings. The van der Waals surface area contributed by atoms with E-state index in [1.54, 1.807) is 0 Å². The number of carbonyl (C=O) groups is 2. The lowest BCUT2D eigenvalue weighted by atomic mass is 9.74. The molecule has 6 atom stereocenters. The summed E-state index contributed by atoms with van der Waals surface area (Å²) >= 11 is 7.51. The summed E-state index contributed by atoms with van der Waals surface area (Å²) in [4.78, 5) is 37.2. The molecule has 2 aliphatic carbocycles. The molecule has 4 heterocycles. The van der Waals surface area contributed by atoms with Crippen molar-refractivity contribution < 1.29 is 9.59 Å². The molecule has 76 heavy (non-hydrogen) atoms. The van der Waals surface area contributed by atoms with E-state index >= 15 is 9.59 Å². The Morgan fingerprint density at radius 2 is 0.566 bits per heavy atom. The molecule has 4 aromatic rings. The highest BCUT2D eigenvalue weighted by molar-refractivity contribution is 7.28. The topological polar surface area (TPSA) is 34.1 Å². The molecule has 6 unspecified atom stereocenters. The molecule has 4 aromatic heterocycles. The molecule has 2 nitrogen and oxygen atoms in total. The van der Waals surface area contributed by atoms with Gasteiger partial charge in [-0.3, -0.25) is 9.59 Å². The first-order valence-corrected chi connectivity index (χ1v) is 36.4. The van der Waals surface area contributed by atoms with Crippen molar-refractivity contribution >= 4 is 75.7 Å². The first-order chi connectivity index (χ1) is 37.3. The summed E-state index contributed by atoms with van der Waals surface area (Å²) in [5.41, 5.74) is 2.03. The van der Waals surface area contributed by atoms with Crippen LogP contribution in [0.25, 0.3) is 18.8 Å². The third-order valence-corrected chi connectivity index (χ3v) is 22.9. The fourth-order valence-electron chi connectivity index (χ4n) is 13.9. The van der Waals surface area contributed by atoms with Crippen molar-refractivity contribution in [2.24, 2.45) is 23.7 Å². The SMILES string of the molecule is CCCCCCCCCCCCC(CCCCCCCCCC)CC1C2=C(C(=O)C1c1cc3sc(C)cc3s1)C(CC(CCCCCCCCCC)CCCCCCCCCCCC)C(c1cc3sc(C)cc3s1)C2=O. The zero-order valence-electron chi connectivity index (χ0n) is 49.9. The standard InChI is InChI=1S/C70H112O2S4/c1-7-11-15-19-23-27-29-33-37-41-45-55(43-39-35-31-25-21-17-13-9-3)49-57-65(63-51-61-59(75-63)47-53(5)73-61)69(71)68-58(66(70(72)67(57)68)64-52-62-60(76-64)48-54(6)74-62)50-56(44-40-36-32-26-22-18-14-10-4)46-42-38-34-30-28-24-20-16-12-8-2/h47-48,51-52,55-58,65-66H,7-46,49-50H2,1-6H3. The molecular formula is C70H112O2S4. The van der Waals surface area contributed by atoms with Crippen LogP contribution in [0.4, 0.5) is 0 Å². The van der Waals surface area contributed by atoms with Crippen LogP contribution in [0.3, 0.4) is 0 Å². The van der Waals surface area contributed by atoms with Gasteiger partial charge in [-0.05, 0) is 62.8 Å². The second-order valence-corrected chi connectivity index (χ2v) is 29.7. The van der Waals surface area contributed by atoms with Gasteiger partial charge >= 0.3 is 0 Å². The van der Waals surface area contributed by atoms with E-state index in [2.05, 4.69) is 65.8 Å². The van der Waals surface area contributed by atoms with Crippen LogP contribution in [0, 0.1) is 37.5 Å². The van der Waals surface area contributed by atoms with Gasteiger partial charge in [-0.1, -0.05) is 285 Å². The van der Waals surface area contributed by atoms with Crippen LogP contribution in [0.15, 0.2) is 35.4 Å². The Balaban J connectivity index is 1.27. The minimum absolute atomic E-state index is 0.00465. The minimum Gasteiger partial charge on any atom is -0.294 e. The second-order valence-electron chi connectivity index (χ2n) is 24.9. The van der Waals surface area contributed by atoms with Crippen LogP contribution in [0.5, 0.6) is 0 Å². The number of fused-ring (bicyclic) bond motifs is 2. The fraction of sp³-hybridized carbons (Fsp3) is 0.771. The molecule has 0 aromatic carbocycles. The Bertz CT molecular complexity index is 2010. The van der Waals surface area contributed by atoms with E-state index in [1.165, 1.54) is 295 Å². The van der Waals surface area contributed by atoms with Crippen LogP contribution in [-0.2, 0) is 9.59 Å². The van der Waals surface area contributed by atoms with Crippen LogP contribution >= 0.6 is 45.3 Å². The number of hydrogen-bond acceptors (Lipinski definition) is 6. The van der Waals surface area contributed by atoms with Gasteiger partial charge in [0.05, 0.1) is 11.8 Å². The van der Waals surface area contributed by atoms with Crippen molar-refractivity contribution in [1.82, 2.24) is 0 Å². The number of allylic oxidation sites excluding steroid dienone is 2. The largest absolute Gasteiger partial charge is 0.294 e.